The van der Waals surface area contributed by atoms with Crippen molar-refractivity contribution in [2.75, 3.05) is 0 Å². The third kappa shape index (κ3) is 8.28. The Labute approximate surface area is 64.4 Å². The average Bonchev–Trinajstić information content (AvgIpc) is 1.78. The van der Waals surface area contributed by atoms with Gasteiger partial charge in [0, 0.05) is 0 Å². The van der Waals surface area contributed by atoms with Crippen molar-refractivity contribution in [2.45, 2.75) is 37.8 Å². The van der Waals surface area contributed by atoms with Crippen molar-refractivity contribution < 1.29 is 11.9 Å². The minimum atomic E-state index is -4.26. The normalized spacial score (nSPS) is 11.9. The molecule has 10 heavy (non-hydrogen) atoms. The molecule has 0 heterocycles. The van der Waals surface area contributed by atoms with Gasteiger partial charge in [0.05, 0.1) is 0 Å². The van der Waals surface area contributed by atoms with Crippen molar-refractivity contribution in [3.05, 3.63) is 0 Å². The molecule has 0 radical (unpaired) electrons. The second-order valence-corrected chi connectivity index (χ2v) is 6.18. The molecule has 0 saturated heterocycles. The van der Waals surface area contributed by atoms with Crippen molar-refractivity contribution in [3.63, 3.8) is 0 Å². The summed E-state index contributed by atoms with van der Waals surface area (Å²) in [6.45, 7) is 2.07. The Morgan fingerprint density at radius 3 is 2.20 bits per heavy atom. The molecule has 0 unspecified atom stereocenters. The zero-order valence-corrected chi connectivity index (χ0v) is 8.16. The van der Waals surface area contributed by atoms with Gasteiger partial charge in [0.25, 0.3) is 0 Å². The van der Waals surface area contributed by atoms with Crippen LogP contribution in [0.3, 0.4) is 0 Å². The van der Waals surface area contributed by atoms with E-state index in [0.29, 0.717) is 6.42 Å². The first kappa shape index (κ1) is 10.3. The summed E-state index contributed by atoms with van der Waals surface area (Å²) in [4.78, 5) is 0. The van der Waals surface area contributed by atoms with E-state index in [1.807, 2.05) is 0 Å². The van der Waals surface area contributed by atoms with Crippen LogP contribution in [0.1, 0.15) is 32.6 Å². The fourth-order valence-corrected chi connectivity index (χ4v) is 2.08. The van der Waals surface area contributed by atoms with Gasteiger partial charge in [-0.2, -0.15) is 0 Å². The van der Waals surface area contributed by atoms with Gasteiger partial charge in [-0.05, 0) is 0 Å². The number of rotatable bonds is 5. The molecule has 0 aromatic carbocycles. The van der Waals surface area contributed by atoms with Gasteiger partial charge in [-0.25, -0.2) is 0 Å². The molecular formula is C6H15AsO3. The van der Waals surface area contributed by atoms with Gasteiger partial charge in [-0.15, -0.1) is 0 Å². The van der Waals surface area contributed by atoms with Crippen LogP contribution in [-0.2, 0) is 3.74 Å². The van der Waals surface area contributed by atoms with Crippen molar-refractivity contribution in [1.82, 2.24) is 0 Å². The molecule has 0 aromatic rings. The van der Waals surface area contributed by atoms with Crippen LogP contribution in [0.4, 0.5) is 0 Å². The van der Waals surface area contributed by atoms with E-state index >= 15 is 0 Å². The molecule has 0 amide bonds. The van der Waals surface area contributed by atoms with E-state index in [1.165, 1.54) is 0 Å². The average molecular weight is 210 g/mol. The molecule has 0 aliphatic heterocycles. The molecule has 0 spiro atoms. The standard InChI is InChI=1S/C6H15AsO3/c1-2-3-4-5-6-7(8,9)10/h2-6H2,1H3,(H2,8,9,10). The summed E-state index contributed by atoms with van der Waals surface area (Å²) in [7, 11) is 0. The zero-order chi connectivity index (χ0) is 8.04. The van der Waals surface area contributed by atoms with Gasteiger partial charge in [0.1, 0.15) is 0 Å². The summed E-state index contributed by atoms with van der Waals surface area (Å²) < 4.78 is 27.3. The number of hydrogen-bond acceptors (Lipinski definition) is 1. The van der Waals surface area contributed by atoms with Gasteiger partial charge < -0.3 is 0 Å². The maximum atomic E-state index is 10.3. The predicted molar refractivity (Wildman–Crippen MR) is 39.8 cm³/mol. The van der Waals surface area contributed by atoms with Crippen LogP contribution < -0.4 is 0 Å². The first-order valence-corrected chi connectivity index (χ1v) is 7.38. The molecule has 0 rings (SSSR count). The fraction of sp³-hybridized carbons (Fsp3) is 1.00. The monoisotopic (exact) mass is 210 g/mol. The molecule has 0 aliphatic rings. The van der Waals surface area contributed by atoms with Crippen LogP contribution in [0.25, 0.3) is 0 Å². The second-order valence-electron chi connectivity index (χ2n) is 2.45. The summed E-state index contributed by atoms with van der Waals surface area (Å²) in [5.41, 5.74) is 0. The molecule has 0 atom stereocenters. The van der Waals surface area contributed by atoms with Crippen LogP contribution in [0, 0.1) is 0 Å². The van der Waals surface area contributed by atoms with Gasteiger partial charge >= 0.3 is 63.9 Å². The second kappa shape index (κ2) is 5.00. The maximum absolute atomic E-state index is 10.3. The quantitative estimate of drug-likeness (QED) is 0.524. The fourth-order valence-electron chi connectivity index (χ4n) is 0.745. The Balaban J connectivity index is 3.13. The van der Waals surface area contributed by atoms with E-state index in [4.69, 9.17) is 8.19 Å². The summed E-state index contributed by atoms with van der Waals surface area (Å²) in [6, 6.07) is 0. The Hall–Kier alpha value is 0.278. The van der Waals surface area contributed by atoms with Crippen LogP contribution in [-0.4, -0.2) is 22.4 Å². The summed E-state index contributed by atoms with van der Waals surface area (Å²) in [5.74, 6) is 0. The van der Waals surface area contributed by atoms with Crippen molar-refractivity contribution in [3.8, 4) is 0 Å². The van der Waals surface area contributed by atoms with Crippen LogP contribution in [0.2, 0.25) is 5.21 Å². The summed E-state index contributed by atoms with van der Waals surface area (Å²) in [5, 5.41) is 0.109. The van der Waals surface area contributed by atoms with Crippen LogP contribution in [0.15, 0.2) is 0 Å². The molecule has 0 fully saturated rings. The Morgan fingerprint density at radius 1 is 1.20 bits per heavy atom. The molecule has 3 nitrogen and oxygen atoms in total. The molecular weight excluding hydrogens is 195 g/mol. The topological polar surface area (TPSA) is 57.5 Å². The molecule has 0 aliphatic carbocycles. The first-order chi connectivity index (χ1) is 4.56. The van der Waals surface area contributed by atoms with E-state index in [0.717, 1.165) is 19.3 Å². The number of unbranched alkanes of at least 4 members (excludes halogenated alkanes) is 3. The zero-order valence-electron chi connectivity index (χ0n) is 6.29. The van der Waals surface area contributed by atoms with Gasteiger partial charge in [-0.1, -0.05) is 0 Å². The van der Waals surface area contributed by atoms with Crippen molar-refractivity contribution in [2.24, 2.45) is 0 Å². The van der Waals surface area contributed by atoms with Gasteiger partial charge in [-0.3, -0.25) is 0 Å². The van der Waals surface area contributed by atoms with E-state index in [1.54, 1.807) is 0 Å². The Morgan fingerprint density at radius 2 is 1.80 bits per heavy atom. The minimum absolute atomic E-state index is 0.109. The molecule has 0 aromatic heterocycles. The molecule has 0 bridgehead atoms. The molecule has 4 heteroatoms. The van der Waals surface area contributed by atoms with Crippen LogP contribution >= 0.6 is 0 Å². The summed E-state index contributed by atoms with van der Waals surface area (Å²) in [6.07, 6.45) is 3.81. The molecule has 2 N–H and O–H groups in total. The van der Waals surface area contributed by atoms with Crippen molar-refractivity contribution in [1.29, 1.82) is 0 Å². The predicted octanol–water partition coefficient (Wildman–Crippen LogP) is 0.921. The Kier molecular flexibility index (Phi) is 5.14. The third-order valence-electron chi connectivity index (χ3n) is 1.30. The van der Waals surface area contributed by atoms with E-state index < -0.39 is 14.2 Å². The summed E-state index contributed by atoms with van der Waals surface area (Å²) >= 11 is -4.26. The van der Waals surface area contributed by atoms with Crippen molar-refractivity contribution >= 4 is 14.2 Å². The van der Waals surface area contributed by atoms with E-state index in [2.05, 4.69) is 6.92 Å². The van der Waals surface area contributed by atoms with E-state index in [9.17, 15) is 3.74 Å². The Bertz CT molecular complexity index is 118. The van der Waals surface area contributed by atoms with Gasteiger partial charge in [0.15, 0.2) is 0 Å². The first-order valence-electron chi connectivity index (χ1n) is 3.61. The third-order valence-corrected chi connectivity index (χ3v) is 3.19. The molecule has 62 valence electrons. The molecule has 0 saturated carbocycles. The van der Waals surface area contributed by atoms with Crippen LogP contribution in [0.5, 0.6) is 0 Å². The number of hydrogen-bond donors (Lipinski definition) is 2. The van der Waals surface area contributed by atoms with E-state index in [-0.39, 0.29) is 5.21 Å². The van der Waals surface area contributed by atoms with Gasteiger partial charge in [0.2, 0.25) is 0 Å². The SMILES string of the molecule is CCCCCC[As](=O)(O)O.